The molecule has 0 atom stereocenters. The van der Waals surface area contributed by atoms with Crippen LogP contribution < -0.4 is 10.1 Å². The number of ether oxygens (including phenoxy) is 2. The molecule has 106 valence electrons. The third kappa shape index (κ3) is 3.85. The van der Waals surface area contributed by atoms with Crippen molar-refractivity contribution in [1.29, 1.82) is 0 Å². The van der Waals surface area contributed by atoms with Gasteiger partial charge in [0.2, 0.25) is 0 Å². The predicted octanol–water partition coefficient (Wildman–Crippen LogP) is 2.31. The van der Waals surface area contributed by atoms with Gasteiger partial charge in [0.15, 0.2) is 11.5 Å². The monoisotopic (exact) mass is 265 g/mol. The van der Waals surface area contributed by atoms with Crippen LogP contribution in [0.25, 0.3) is 0 Å². The molecular formula is C15H23NO3. The zero-order chi connectivity index (χ0) is 13.7. The smallest absolute Gasteiger partial charge is 0.160 e. The Balaban J connectivity index is 1.85. The van der Waals surface area contributed by atoms with Crippen LogP contribution in [-0.2, 0) is 11.3 Å². The van der Waals surface area contributed by atoms with Crippen LogP contribution in [0.1, 0.15) is 25.3 Å². The molecule has 1 saturated heterocycles. The van der Waals surface area contributed by atoms with Gasteiger partial charge in [-0.15, -0.1) is 0 Å². The number of methoxy groups -OCH3 is 1. The van der Waals surface area contributed by atoms with E-state index < -0.39 is 0 Å². The molecule has 1 aliphatic heterocycles. The van der Waals surface area contributed by atoms with Gasteiger partial charge in [-0.1, -0.05) is 13.0 Å². The summed E-state index contributed by atoms with van der Waals surface area (Å²) < 4.78 is 10.5. The Morgan fingerprint density at radius 2 is 2.11 bits per heavy atom. The van der Waals surface area contributed by atoms with Gasteiger partial charge in [0.05, 0.1) is 7.11 Å². The molecule has 4 heteroatoms. The highest BCUT2D eigenvalue weighted by molar-refractivity contribution is 5.41. The minimum absolute atomic E-state index is 0.183. The summed E-state index contributed by atoms with van der Waals surface area (Å²) in [5, 5.41) is 13.0. The maximum atomic E-state index is 9.55. The predicted molar refractivity (Wildman–Crippen MR) is 74.5 cm³/mol. The largest absolute Gasteiger partial charge is 0.504 e. The number of aromatic hydroxyl groups is 1. The molecule has 0 amide bonds. The Labute approximate surface area is 114 Å². The summed E-state index contributed by atoms with van der Waals surface area (Å²) >= 11 is 0. The second-order valence-electron chi connectivity index (χ2n) is 5.53. The highest BCUT2D eigenvalue weighted by Crippen LogP contribution is 2.29. The van der Waals surface area contributed by atoms with Crippen LogP contribution in [0.3, 0.4) is 0 Å². The van der Waals surface area contributed by atoms with Gasteiger partial charge in [-0.25, -0.2) is 0 Å². The Kier molecular flexibility index (Phi) is 4.66. The number of nitrogens with one attached hydrogen (secondary N) is 1. The average molecular weight is 265 g/mol. The summed E-state index contributed by atoms with van der Waals surface area (Å²) in [6.45, 7) is 5.81. The minimum Gasteiger partial charge on any atom is -0.504 e. The maximum Gasteiger partial charge on any atom is 0.160 e. The van der Waals surface area contributed by atoms with Crippen molar-refractivity contribution in [2.24, 2.45) is 5.41 Å². The first-order valence-electron chi connectivity index (χ1n) is 6.77. The van der Waals surface area contributed by atoms with Crippen LogP contribution in [0.15, 0.2) is 18.2 Å². The first-order valence-corrected chi connectivity index (χ1v) is 6.77. The lowest BCUT2D eigenvalue weighted by Crippen LogP contribution is -2.36. The summed E-state index contributed by atoms with van der Waals surface area (Å²) in [5.74, 6) is 0.708. The molecule has 1 aromatic carbocycles. The van der Waals surface area contributed by atoms with Crippen LogP contribution in [0.4, 0.5) is 0 Å². The SMILES string of the molecule is COc1cc(CNCC2(C)CCOCC2)ccc1O. The van der Waals surface area contributed by atoms with Crippen LogP contribution >= 0.6 is 0 Å². The van der Waals surface area contributed by atoms with Gasteiger partial charge in [-0.05, 0) is 36.0 Å². The summed E-state index contributed by atoms with van der Waals surface area (Å²) in [6, 6.07) is 5.46. The molecule has 1 aromatic rings. The van der Waals surface area contributed by atoms with Crippen molar-refractivity contribution in [2.75, 3.05) is 26.9 Å². The summed E-state index contributed by atoms with van der Waals surface area (Å²) in [4.78, 5) is 0. The van der Waals surface area contributed by atoms with Gasteiger partial charge >= 0.3 is 0 Å². The molecule has 0 spiro atoms. The van der Waals surface area contributed by atoms with Gasteiger partial charge in [0, 0.05) is 26.3 Å². The van der Waals surface area contributed by atoms with E-state index in [1.54, 1.807) is 13.2 Å². The first-order chi connectivity index (χ1) is 9.13. The number of hydrogen-bond acceptors (Lipinski definition) is 4. The molecular weight excluding hydrogens is 242 g/mol. The molecule has 2 N–H and O–H groups in total. The number of hydrogen-bond donors (Lipinski definition) is 2. The van der Waals surface area contributed by atoms with Gasteiger partial charge in [-0.2, -0.15) is 0 Å². The number of phenolic OH excluding ortho intramolecular Hbond substituents is 1. The first kappa shape index (κ1) is 14.2. The normalized spacial score (nSPS) is 18.2. The quantitative estimate of drug-likeness (QED) is 0.858. The van der Waals surface area contributed by atoms with E-state index in [-0.39, 0.29) is 5.75 Å². The molecule has 0 aromatic heterocycles. The topological polar surface area (TPSA) is 50.7 Å². The second kappa shape index (κ2) is 6.26. The van der Waals surface area contributed by atoms with Gasteiger partial charge in [0.25, 0.3) is 0 Å². The Hall–Kier alpha value is -1.26. The summed E-state index contributed by atoms with van der Waals surface area (Å²) in [5.41, 5.74) is 1.45. The van der Waals surface area contributed by atoms with Crippen molar-refractivity contribution < 1.29 is 14.6 Å². The van der Waals surface area contributed by atoms with E-state index in [2.05, 4.69) is 12.2 Å². The molecule has 1 aliphatic rings. The van der Waals surface area contributed by atoms with Crippen LogP contribution in [-0.4, -0.2) is 32.0 Å². The van der Waals surface area contributed by atoms with Gasteiger partial charge < -0.3 is 19.9 Å². The van der Waals surface area contributed by atoms with E-state index in [9.17, 15) is 5.11 Å². The van der Waals surface area contributed by atoms with E-state index in [1.807, 2.05) is 12.1 Å². The molecule has 4 nitrogen and oxygen atoms in total. The molecule has 1 heterocycles. The highest BCUT2D eigenvalue weighted by Gasteiger charge is 2.26. The van der Waals surface area contributed by atoms with Crippen LogP contribution in [0.5, 0.6) is 11.5 Å². The van der Waals surface area contributed by atoms with Crippen molar-refractivity contribution in [3.05, 3.63) is 23.8 Å². The molecule has 0 bridgehead atoms. The Morgan fingerprint density at radius 3 is 2.79 bits per heavy atom. The Bertz CT molecular complexity index is 414. The lowest BCUT2D eigenvalue weighted by atomic mass is 9.82. The maximum absolute atomic E-state index is 9.55. The third-order valence-electron chi connectivity index (χ3n) is 3.82. The zero-order valence-corrected chi connectivity index (χ0v) is 11.7. The molecule has 0 saturated carbocycles. The highest BCUT2D eigenvalue weighted by atomic mass is 16.5. The van der Waals surface area contributed by atoms with Crippen LogP contribution in [0.2, 0.25) is 0 Å². The molecule has 0 unspecified atom stereocenters. The van der Waals surface area contributed by atoms with E-state index in [4.69, 9.17) is 9.47 Å². The fourth-order valence-corrected chi connectivity index (χ4v) is 2.38. The molecule has 0 aliphatic carbocycles. The lowest BCUT2D eigenvalue weighted by Gasteiger charge is -2.33. The van der Waals surface area contributed by atoms with Gasteiger partial charge in [0.1, 0.15) is 0 Å². The fourth-order valence-electron chi connectivity index (χ4n) is 2.38. The lowest BCUT2D eigenvalue weighted by molar-refractivity contribution is 0.0240. The molecule has 0 radical (unpaired) electrons. The van der Waals surface area contributed by atoms with Crippen molar-refractivity contribution in [2.45, 2.75) is 26.3 Å². The number of benzene rings is 1. The van der Waals surface area contributed by atoms with E-state index in [0.29, 0.717) is 11.2 Å². The van der Waals surface area contributed by atoms with Gasteiger partial charge in [-0.3, -0.25) is 0 Å². The molecule has 2 rings (SSSR count). The second-order valence-corrected chi connectivity index (χ2v) is 5.53. The molecule has 1 fully saturated rings. The number of rotatable bonds is 5. The van der Waals surface area contributed by atoms with Crippen molar-refractivity contribution >= 4 is 0 Å². The van der Waals surface area contributed by atoms with E-state index in [1.165, 1.54) is 0 Å². The number of phenols is 1. The van der Waals surface area contributed by atoms with Crippen molar-refractivity contribution in [1.82, 2.24) is 5.32 Å². The Morgan fingerprint density at radius 1 is 1.37 bits per heavy atom. The average Bonchev–Trinajstić information content (AvgIpc) is 2.41. The van der Waals surface area contributed by atoms with Crippen molar-refractivity contribution in [3.8, 4) is 11.5 Å². The zero-order valence-electron chi connectivity index (χ0n) is 11.7. The third-order valence-corrected chi connectivity index (χ3v) is 3.82. The summed E-state index contributed by atoms with van der Waals surface area (Å²) in [6.07, 6.45) is 2.22. The van der Waals surface area contributed by atoms with Crippen LogP contribution in [0, 0.1) is 5.41 Å². The standard InChI is InChI=1S/C15H23NO3/c1-15(5-7-19-8-6-15)11-16-10-12-3-4-13(17)14(9-12)18-2/h3-4,9,16-17H,5-8,10-11H2,1-2H3. The summed E-state index contributed by atoms with van der Waals surface area (Å²) in [7, 11) is 1.56. The fraction of sp³-hybridized carbons (Fsp3) is 0.600. The molecule has 19 heavy (non-hydrogen) atoms. The van der Waals surface area contributed by atoms with Crippen molar-refractivity contribution in [3.63, 3.8) is 0 Å². The van der Waals surface area contributed by atoms with E-state index >= 15 is 0 Å². The minimum atomic E-state index is 0.183. The van der Waals surface area contributed by atoms with E-state index in [0.717, 1.165) is 44.7 Å².